The normalized spacial score (nSPS) is 22.8. The molecule has 0 aromatic heterocycles. The summed E-state index contributed by atoms with van der Waals surface area (Å²) in [5.41, 5.74) is 0.821. The lowest BCUT2D eigenvalue weighted by molar-refractivity contribution is -0.132. The molecule has 2 atom stereocenters. The highest BCUT2D eigenvalue weighted by molar-refractivity contribution is 9.10. The number of ether oxygens (including phenoxy) is 2. The molecule has 0 radical (unpaired) electrons. The van der Waals surface area contributed by atoms with Gasteiger partial charge in [0.05, 0.1) is 12.7 Å². The Balaban J connectivity index is 1.36. The van der Waals surface area contributed by atoms with E-state index in [1.165, 1.54) is 0 Å². The van der Waals surface area contributed by atoms with Gasteiger partial charge in [-0.1, -0.05) is 22.0 Å². The highest BCUT2D eigenvalue weighted by Crippen LogP contribution is 2.27. The van der Waals surface area contributed by atoms with Crippen molar-refractivity contribution in [1.82, 2.24) is 5.32 Å². The predicted octanol–water partition coefficient (Wildman–Crippen LogP) is 2.50. The van der Waals surface area contributed by atoms with Gasteiger partial charge in [0.1, 0.15) is 5.92 Å². The molecule has 2 aliphatic rings. The second kappa shape index (κ2) is 9.48. The molecular weight excluding hydrogens is 400 g/mol. The average Bonchev–Trinajstić information content (AvgIpc) is 3.27. The van der Waals surface area contributed by atoms with Crippen molar-refractivity contribution < 1.29 is 19.1 Å². The van der Waals surface area contributed by atoms with Crippen molar-refractivity contribution in [2.24, 2.45) is 5.92 Å². The van der Waals surface area contributed by atoms with Crippen molar-refractivity contribution in [2.45, 2.75) is 31.8 Å². The Morgan fingerprint density at radius 1 is 1.38 bits per heavy atom. The zero-order valence-electron chi connectivity index (χ0n) is 14.8. The van der Waals surface area contributed by atoms with Crippen molar-refractivity contribution in [3.63, 3.8) is 0 Å². The standard InChI is InChI=1S/C19H25BrN2O4/c20-14-4-1-5-15(12-14)22-9-7-17(19(22)24)18(23)21-8-3-10-25-13-16-6-2-11-26-16/h1,4-5,12,16-17H,2-3,6-11,13H2,(H,21,23). The summed E-state index contributed by atoms with van der Waals surface area (Å²) in [6, 6.07) is 7.57. The Hall–Kier alpha value is -1.44. The zero-order chi connectivity index (χ0) is 18.4. The minimum Gasteiger partial charge on any atom is -0.379 e. The van der Waals surface area contributed by atoms with Crippen LogP contribution in [-0.4, -0.2) is 50.8 Å². The largest absolute Gasteiger partial charge is 0.379 e. The molecule has 0 spiro atoms. The predicted molar refractivity (Wildman–Crippen MR) is 102 cm³/mol. The van der Waals surface area contributed by atoms with Gasteiger partial charge in [-0.2, -0.15) is 0 Å². The van der Waals surface area contributed by atoms with Crippen molar-refractivity contribution in [3.8, 4) is 0 Å². The molecule has 2 heterocycles. The van der Waals surface area contributed by atoms with Crippen molar-refractivity contribution in [1.29, 1.82) is 0 Å². The maximum absolute atomic E-state index is 12.6. The number of carbonyl (C=O) groups excluding carboxylic acids is 2. The fourth-order valence-electron chi connectivity index (χ4n) is 3.32. The first-order chi connectivity index (χ1) is 12.6. The Morgan fingerprint density at radius 3 is 3.04 bits per heavy atom. The minimum atomic E-state index is -0.596. The first kappa shape index (κ1) is 19.3. The average molecular weight is 425 g/mol. The SMILES string of the molecule is O=C(NCCCOCC1CCCO1)C1CCN(c2cccc(Br)c2)C1=O. The summed E-state index contributed by atoms with van der Waals surface area (Å²) < 4.78 is 12.0. The number of rotatable bonds is 8. The lowest BCUT2D eigenvalue weighted by Gasteiger charge is -2.17. The van der Waals surface area contributed by atoms with Crippen LogP contribution in [0, 0.1) is 5.92 Å². The third-order valence-electron chi connectivity index (χ3n) is 4.73. The van der Waals surface area contributed by atoms with Gasteiger partial charge in [0.15, 0.2) is 0 Å². The third kappa shape index (κ3) is 5.05. The number of benzene rings is 1. The van der Waals surface area contributed by atoms with Crippen LogP contribution in [0.15, 0.2) is 28.7 Å². The van der Waals surface area contributed by atoms with Crippen molar-refractivity contribution >= 4 is 33.4 Å². The maximum atomic E-state index is 12.6. The quantitative estimate of drug-likeness (QED) is 0.514. The van der Waals surface area contributed by atoms with Gasteiger partial charge in [-0.05, 0) is 43.9 Å². The van der Waals surface area contributed by atoms with Gasteiger partial charge in [-0.3, -0.25) is 9.59 Å². The number of anilines is 1. The third-order valence-corrected chi connectivity index (χ3v) is 5.23. The molecule has 0 bridgehead atoms. The maximum Gasteiger partial charge on any atom is 0.239 e. The first-order valence-electron chi connectivity index (χ1n) is 9.19. The van der Waals surface area contributed by atoms with Gasteiger partial charge in [0, 0.05) is 36.5 Å². The first-order valence-corrected chi connectivity index (χ1v) is 9.98. The van der Waals surface area contributed by atoms with Gasteiger partial charge >= 0.3 is 0 Å². The van der Waals surface area contributed by atoms with E-state index in [9.17, 15) is 9.59 Å². The van der Waals surface area contributed by atoms with E-state index < -0.39 is 5.92 Å². The number of nitrogens with zero attached hydrogens (tertiary/aromatic N) is 1. The molecule has 0 saturated carbocycles. The molecular formula is C19H25BrN2O4. The molecule has 2 unspecified atom stereocenters. The topological polar surface area (TPSA) is 67.9 Å². The number of hydrogen-bond acceptors (Lipinski definition) is 4. The van der Waals surface area contributed by atoms with Gasteiger partial charge in [0.25, 0.3) is 0 Å². The molecule has 2 amide bonds. The van der Waals surface area contributed by atoms with E-state index in [4.69, 9.17) is 9.47 Å². The Morgan fingerprint density at radius 2 is 2.27 bits per heavy atom. The van der Waals surface area contributed by atoms with Crippen LogP contribution in [0.4, 0.5) is 5.69 Å². The lowest BCUT2D eigenvalue weighted by Crippen LogP contribution is -2.37. The Kier molecular flexibility index (Phi) is 7.05. The van der Waals surface area contributed by atoms with E-state index in [0.717, 1.165) is 36.0 Å². The summed E-state index contributed by atoms with van der Waals surface area (Å²) in [7, 11) is 0. The summed E-state index contributed by atoms with van der Waals surface area (Å²) in [6.07, 6.45) is 3.68. The molecule has 2 fully saturated rings. The number of amides is 2. The minimum absolute atomic E-state index is 0.129. The molecule has 7 heteroatoms. The summed E-state index contributed by atoms with van der Waals surface area (Å²) in [4.78, 5) is 26.5. The second-order valence-corrected chi connectivity index (χ2v) is 7.58. The summed E-state index contributed by atoms with van der Waals surface area (Å²) in [5.74, 6) is -0.913. The number of hydrogen-bond donors (Lipinski definition) is 1. The van der Waals surface area contributed by atoms with E-state index in [0.29, 0.717) is 32.7 Å². The van der Waals surface area contributed by atoms with Crippen LogP contribution in [-0.2, 0) is 19.1 Å². The molecule has 6 nitrogen and oxygen atoms in total. The van der Waals surface area contributed by atoms with E-state index >= 15 is 0 Å². The second-order valence-electron chi connectivity index (χ2n) is 6.67. The van der Waals surface area contributed by atoms with Crippen LogP contribution in [0.1, 0.15) is 25.7 Å². The van der Waals surface area contributed by atoms with E-state index in [2.05, 4.69) is 21.2 Å². The zero-order valence-corrected chi connectivity index (χ0v) is 16.4. The summed E-state index contributed by atoms with van der Waals surface area (Å²) in [6.45, 7) is 3.12. The fraction of sp³-hybridized carbons (Fsp3) is 0.579. The monoisotopic (exact) mass is 424 g/mol. The van der Waals surface area contributed by atoms with E-state index in [-0.39, 0.29) is 17.9 Å². The van der Waals surface area contributed by atoms with Crippen LogP contribution in [0.25, 0.3) is 0 Å². The molecule has 1 aromatic rings. The van der Waals surface area contributed by atoms with E-state index in [1.54, 1.807) is 4.90 Å². The molecule has 2 aliphatic heterocycles. The Bertz CT molecular complexity index is 634. The molecule has 2 saturated heterocycles. The van der Waals surface area contributed by atoms with Gasteiger partial charge in [0.2, 0.25) is 11.8 Å². The van der Waals surface area contributed by atoms with Crippen LogP contribution in [0.2, 0.25) is 0 Å². The van der Waals surface area contributed by atoms with Crippen LogP contribution >= 0.6 is 15.9 Å². The number of halogens is 1. The summed E-state index contributed by atoms with van der Waals surface area (Å²) >= 11 is 3.41. The lowest BCUT2D eigenvalue weighted by atomic mass is 10.1. The van der Waals surface area contributed by atoms with Crippen LogP contribution < -0.4 is 10.2 Å². The fourth-order valence-corrected chi connectivity index (χ4v) is 3.71. The van der Waals surface area contributed by atoms with Crippen LogP contribution in [0.5, 0.6) is 0 Å². The molecule has 1 aromatic carbocycles. The smallest absolute Gasteiger partial charge is 0.239 e. The highest BCUT2D eigenvalue weighted by Gasteiger charge is 2.37. The van der Waals surface area contributed by atoms with Gasteiger partial charge < -0.3 is 19.7 Å². The van der Waals surface area contributed by atoms with Gasteiger partial charge in [-0.25, -0.2) is 0 Å². The number of carbonyl (C=O) groups is 2. The molecule has 1 N–H and O–H groups in total. The van der Waals surface area contributed by atoms with Crippen molar-refractivity contribution in [3.05, 3.63) is 28.7 Å². The molecule has 142 valence electrons. The molecule has 0 aliphatic carbocycles. The molecule has 26 heavy (non-hydrogen) atoms. The van der Waals surface area contributed by atoms with E-state index in [1.807, 2.05) is 24.3 Å². The molecule has 3 rings (SSSR count). The van der Waals surface area contributed by atoms with Gasteiger partial charge in [-0.15, -0.1) is 0 Å². The Labute approximate surface area is 162 Å². The summed E-state index contributed by atoms with van der Waals surface area (Å²) in [5, 5.41) is 2.86. The number of nitrogens with one attached hydrogen (secondary N) is 1. The highest BCUT2D eigenvalue weighted by atomic mass is 79.9. The van der Waals surface area contributed by atoms with Crippen molar-refractivity contribution in [2.75, 3.05) is 37.8 Å². The van der Waals surface area contributed by atoms with Crippen LogP contribution in [0.3, 0.4) is 0 Å².